The Morgan fingerprint density at radius 1 is 1.38 bits per heavy atom. The van der Waals surface area contributed by atoms with Gasteiger partial charge in [0.1, 0.15) is 5.82 Å². The average Bonchev–Trinajstić information content (AvgIpc) is 3.08. The molecule has 29 heavy (non-hydrogen) atoms. The van der Waals surface area contributed by atoms with Crippen molar-refractivity contribution in [1.29, 1.82) is 0 Å². The molecule has 0 amide bonds. The van der Waals surface area contributed by atoms with Gasteiger partial charge in [0.2, 0.25) is 10.7 Å². The topological polar surface area (TPSA) is 99.6 Å². The molecule has 3 rings (SSSR count). The summed E-state index contributed by atoms with van der Waals surface area (Å²) >= 11 is 2.71. The minimum Gasteiger partial charge on any atom is -0.493 e. The number of anilines is 1. The molecule has 0 atom stereocenters. The minimum absolute atomic E-state index is 0.197. The zero-order valence-corrected chi connectivity index (χ0v) is 18.1. The third kappa shape index (κ3) is 4.35. The van der Waals surface area contributed by atoms with E-state index in [4.69, 9.17) is 10.5 Å². The maximum Gasteiger partial charge on any atom is 0.283 e. The summed E-state index contributed by atoms with van der Waals surface area (Å²) in [5, 5.41) is 0.707. The van der Waals surface area contributed by atoms with Crippen LogP contribution >= 0.6 is 23.3 Å². The summed E-state index contributed by atoms with van der Waals surface area (Å²) in [5.41, 5.74) is 7.32. The number of hydrogen-bond acceptors (Lipinski definition) is 8. The van der Waals surface area contributed by atoms with Gasteiger partial charge >= 0.3 is 0 Å². The van der Waals surface area contributed by atoms with Crippen LogP contribution in [0.5, 0.6) is 0 Å². The summed E-state index contributed by atoms with van der Waals surface area (Å²) in [7, 11) is 1.43. The van der Waals surface area contributed by atoms with Gasteiger partial charge in [0.25, 0.3) is 5.56 Å². The Balaban J connectivity index is 2.12. The second-order valence-electron chi connectivity index (χ2n) is 6.85. The van der Waals surface area contributed by atoms with Crippen LogP contribution in [-0.4, -0.2) is 32.4 Å². The number of ketones is 1. The van der Waals surface area contributed by atoms with Crippen molar-refractivity contribution < 1.29 is 9.53 Å². The van der Waals surface area contributed by atoms with E-state index in [2.05, 4.69) is 29.8 Å². The molecule has 0 saturated heterocycles. The van der Waals surface area contributed by atoms with Gasteiger partial charge in [-0.05, 0) is 36.1 Å². The van der Waals surface area contributed by atoms with E-state index in [9.17, 15) is 9.59 Å². The first-order valence-corrected chi connectivity index (χ1v) is 10.8. The van der Waals surface area contributed by atoms with Gasteiger partial charge in [-0.15, -0.1) is 6.58 Å². The van der Waals surface area contributed by atoms with E-state index >= 15 is 0 Å². The van der Waals surface area contributed by atoms with Crippen molar-refractivity contribution in [2.45, 2.75) is 25.4 Å². The zero-order valence-electron chi connectivity index (χ0n) is 16.5. The molecular weight excluding hydrogens is 408 g/mol. The number of carbonyl (C=O) groups excluding carboxylic acids is 1. The van der Waals surface area contributed by atoms with Crippen molar-refractivity contribution >= 4 is 45.9 Å². The number of nitrogens with two attached hydrogens (primary N) is 1. The molecule has 2 heterocycles. The standard InChI is InChI=1S/C20H22N4O3S2/c1-5-6-13-7-12(9-15(27-4)16(13)25)8-14-17(21)24-19(22-18(14)26)29-23-20(24)28-10-11(2)3/h5,7-9,11H,1,6,10,21H2,2-4H3/b12-8-. The predicted molar refractivity (Wildman–Crippen MR) is 118 cm³/mol. The molecule has 152 valence electrons. The van der Waals surface area contributed by atoms with Crippen molar-refractivity contribution in [2.75, 3.05) is 18.6 Å². The van der Waals surface area contributed by atoms with Crippen LogP contribution < -0.4 is 11.3 Å². The van der Waals surface area contributed by atoms with Crippen molar-refractivity contribution in [1.82, 2.24) is 13.8 Å². The van der Waals surface area contributed by atoms with Crippen LogP contribution in [0.3, 0.4) is 0 Å². The zero-order chi connectivity index (χ0) is 21.1. The van der Waals surface area contributed by atoms with Crippen molar-refractivity contribution in [3.05, 3.63) is 57.6 Å². The summed E-state index contributed by atoms with van der Waals surface area (Å²) in [6.07, 6.45) is 6.96. The molecule has 2 N–H and O–H groups in total. The first-order valence-electron chi connectivity index (χ1n) is 9.00. The third-order valence-electron chi connectivity index (χ3n) is 4.13. The maximum atomic E-state index is 12.6. The number of nitrogen functional groups attached to an aromatic ring is 1. The van der Waals surface area contributed by atoms with Crippen LogP contribution in [0.15, 0.2) is 51.7 Å². The number of nitrogens with zero attached hydrogens (tertiary/aromatic N) is 3. The fourth-order valence-corrected chi connectivity index (χ4v) is 4.57. The van der Waals surface area contributed by atoms with Gasteiger partial charge in [-0.1, -0.05) is 31.7 Å². The lowest BCUT2D eigenvalue weighted by Gasteiger charge is -2.14. The molecule has 0 fully saturated rings. The highest BCUT2D eigenvalue weighted by Crippen LogP contribution is 2.28. The number of Topliss-reactive ketones (excluding diaryl/α,β-unsaturated/α-hetero) is 1. The number of rotatable bonds is 7. The summed E-state index contributed by atoms with van der Waals surface area (Å²) in [4.78, 5) is 29.5. The van der Waals surface area contributed by atoms with Crippen molar-refractivity contribution in [3.63, 3.8) is 0 Å². The van der Waals surface area contributed by atoms with Gasteiger partial charge in [-0.3, -0.25) is 9.59 Å². The fraction of sp³-hybridized carbons (Fsp3) is 0.300. The van der Waals surface area contributed by atoms with Gasteiger partial charge in [-0.25, -0.2) is 4.40 Å². The highest BCUT2D eigenvalue weighted by molar-refractivity contribution is 7.99. The highest BCUT2D eigenvalue weighted by Gasteiger charge is 2.21. The number of thioether (sulfide) groups is 1. The molecule has 1 aliphatic carbocycles. The average molecular weight is 431 g/mol. The number of fused-ring (bicyclic) bond motifs is 1. The number of carbonyl (C=O) groups is 1. The van der Waals surface area contributed by atoms with E-state index in [0.717, 1.165) is 17.3 Å². The molecule has 0 bridgehead atoms. The van der Waals surface area contributed by atoms with Crippen LogP contribution in [0, 0.1) is 5.92 Å². The van der Waals surface area contributed by atoms with Gasteiger partial charge in [0.15, 0.2) is 10.9 Å². The Hall–Kier alpha value is -2.65. The minimum atomic E-state index is -0.443. The Labute approximate surface area is 176 Å². The molecule has 0 aliphatic heterocycles. The van der Waals surface area contributed by atoms with Gasteiger partial charge in [0, 0.05) is 22.9 Å². The lowest BCUT2D eigenvalue weighted by atomic mass is 9.95. The molecule has 7 nitrogen and oxygen atoms in total. The van der Waals surface area contributed by atoms with Crippen LogP contribution in [0.4, 0.5) is 5.82 Å². The Kier molecular flexibility index (Phi) is 6.39. The molecule has 2 aromatic rings. The lowest BCUT2D eigenvalue weighted by Crippen LogP contribution is -2.17. The number of aromatic nitrogens is 3. The SMILES string of the molecule is C=CCC1=C/C(=C/c2c(N)n3c(SCC(C)C)nsc3nc2=O)C=C(OC)C1=O. The first-order chi connectivity index (χ1) is 13.8. The lowest BCUT2D eigenvalue weighted by molar-refractivity contribution is -0.115. The second-order valence-corrected chi connectivity index (χ2v) is 8.57. The van der Waals surface area contributed by atoms with E-state index in [1.165, 1.54) is 7.11 Å². The maximum absolute atomic E-state index is 12.6. The van der Waals surface area contributed by atoms with Crippen LogP contribution in [-0.2, 0) is 9.53 Å². The molecule has 0 unspecified atom stereocenters. The van der Waals surface area contributed by atoms with E-state index in [-0.39, 0.29) is 22.9 Å². The molecule has 0 spiro atoms. The molecular formula is C20H22N4O3S2. The smallest absolute Gasteiger partial charge is 0.283 e. The molecule has 9 heteroatoms. The van der Waals surface area contributed by atoms with Gasteiger partial charge in [0.05, 0.1) is 12.7 Å². The number of ether oxygens (including phenoxy) is 1. The Bertz CT molecular complexity index is 1120. The predicted octanol–water partition coefficient (Wildman–Crippen LogP) is 3.48. The number of methoxy groups -OCH3 is 1. The highest BCUT2D eigenvalue weighted by atomic mass is 32.2. The quantitative estimate of drug-likeness (QED) is 0.530. The van der Waals surface area contributed by atoms with Crippen LogP contribution in [0.25, 0.3) is 11.0 Å². The fourth-order valence-electron chi connectivity index (χ4n) is 2.76. The molecule has 1 aliphatic rings. The molecule has 0 radical (unpaired) electrons. The number of hydrogen-bond donors (Lipinski definition) is 1. The first kappa shape index (κ1) is 21.1. The van der Waals surface area contributed by atoms with Crippen LogP contribution in [0.1, 0.15) is 25.8 Å². The Morgan fingerprint density at radius 2 is 2.14 bits per heavy atom. The summed E-state index contributed by atoms with van der Waals surface area (Å²) in [5.74, 6) is 1.63. The Morgan fingerprint density at radius 3 is 2.79 bits per heavy atom. The normalized spacial score (nSPS) is 15.7. The summed E-state index contributed by atoms with van der Waals surface area (Å²) in [6, 6.07) is 0. The largest absolute Gasteiger partial charge is 0.493 e. The van der Waals surface area contributed by atoms with Gasteiger partial charge in [-0.2, -0.15) is 9.36 Å². The van der Waals surface area contributed by atoms with E-state index in [1.807, 2.05) is 0 Å². The summed E-state index contributed by atoms with van der Waals surface area (Å²) < 4.78 is 11.3. The van der Waals surface area contributed by atoms with Gasteiger partial charge < -0.3 is 10.5 Å². The third-order valence-corrected chi connectivity index (χ3v) is 6.31. The van der Waals surface area contributed by atoms with Crippen molar-refractivity contribution in [3.8, 4) is 0 Å². The van der Waals surface area contributed by atoms with E-state index < -0.39 is 5.56 Å². The molecule has 0 saturated carbocycles. The van der Waals surface area contributed by atoms with Crippen LogP contribution in [0.2, 0.25) is 0 Å². The molecule has 0 aromatic carbocycles. The monoisotopic (exact) mass is 430 g/mol. The van der Waals surface area contributed by atoms with Crippen molar-refractivity contribution in [2.24, 2.45) is 5.92 Å². The number of allylic oxidation sites excluding steroid dienone is 5. The van der Waals surface area contributed by atoms with E-state index in [1.54, 1.807) is 40.5 Å². The second kappa shape index (κ2) is 8.79. The molecule has 2 aromatic heterocycles. The van der Waals surface area contributed by atoms with E-state index in [0.29, 0.717) is 33.6 Å². The summed E-state index contributed by atoms with van der Waals surface area (Å²) in [6.45, 7) is 7.92.